The number of phosphoric acid groups is 3. The van der Waals surface area contributed by atoms with Crippen LogP contribution in [0.25, 0.3) is 0 Å². The van der Waals surface area contributed by atoms with E-state index >= 15 is 0 Å². The Morgan fingerprint density at radius 2 is 1.87 bits per heavy atom. The molecule has 1 aliphatic rings. The third-order valence-corrected chi connectivity index (χ3v) is 7.65. The lowest BCUT2D eigenvalue weighted by molar-refractivity contribution is -0.0929. The van der Waals surface area contributed by atoms with Crippen molar-refractivity contribution in [3.63, 3.8) is 0 Å². The van der Waals surface area contributed by atoms with Gasteiger partial charge in [-0.05, 0) is 13.0 Å². The molecule has 2 heterocycles. The van der Waals surface area contributed by atoms with Crippen LogP contribution in [0.1, 0.15) is 13.2 Å². The van der Waals surface area contributed by atoms with E-state index in [0.717, 1.165) is 17.7 Å². The molecule has 6 unspecified atom stereocenters. The highest BCUT2D eigenvalue weighted by molar-refractivity contribution is 7.71. The van der Waals surface area contributed by atoms with Gasteiger partial charge in [0.25, 0.3) is 0 Å². The molecule has 0 saturated carbocycles. The van der Waals surface area contributed by atoms with Crippen LogP contribution in [0.2, 0.25) is 0 Å². The molecule has 1 aromatic rings. The summed E-state index contributed by atoms with van der Waals surface area (Å²) < 4.78 is 65.5. The maximum atomic E-state index is 14.6. The Labute approximate surface area is 171 Å². The van der Waals surface area contributed by atoms with Gasteiger partial charge in [0.1, 0.15) is 16.3 Å². The lowest BCUT2D eigenvalue weighted by atomic mass is 9.98. The number of nitrogens with one attached hydrogen (secondary N) is 1. The number of aromatic nitrogens is 2. The van der Waals surface area contributed by atoms with E-state index in [9.17, 15) is 32.9 Å². The fourth-order valence-corrected chi connectivity index (χ4v) is 5.62. The predicted octanol–water partition coefficient (Wildman–Crippen LogP) is 0.236. The Kier molecular flexibility index (Phi) is 7.44. The second-order valence-electron chi connectivity index (χ2n) is 6.06. The summed E-state index contributed by atoms with van der Waals surface area (Å²) in [7, 11) is -16.9. The standard InChI is InChI=1S/C10H16FN2O13P3S/c1-10(15)7(11)5(24-8(10)13-3-2-6(30)12-9(13)14)4-23-28(19,20)26-29(21,22)25-27(16,17)18/h2-3,5,7-8,15H,4H2,1H3,(H,19,20)(H,21,22)(H,12,14,30)(H2,16,17,18). The second kappa shape index (κ2) is 8.71. The van der Waals surface area contributed by atoms with Crippen LogP contribution in [-0.4, -0.2) is 58.7 Å². The molecule has 20 heteroatoms. The molecule has 6 atom stereocenters. The van der Waals surface area contributed by atoms with Gasteiger partial charge < -0.3 is 29.4 Å². The average Bonchev–Trinajstić information content (AvgIpc) is 2.73. The maximum absolute atomic E-state index is 14.6. The minimum Gasteiger partial charge on any atom is -0.382 e. The van der Waals surface area contributed by atoms with Gasteiger partial charge in [-0.2, -0.15) is 8.62 Å². The zero-order chi connectivity index (χ0) is 23.1. The number of ether oxygens (including phenoxy) is 1. The van der Waals surface area contributed by atoms with Gasteiger partial charge in [0.15, 0.2) is 12.4 Å². The zero-order valence-corrected chi connectivity index (χ0v) is 18.2. The number of rotatable bonds is 8. The number of nitrogens with zero attached hydrogens (tertiary/aromatic N) is 1. The van der Waals surface area contributed by atoms with Gasteiger partial charge in [0.05, 0.1) is 6.61 Å². The fraction of sp³-hybridized carbons (Fsp3) is 0.600. The van der Waals surface area contributed by atoms with Crippen LogP contribution in [0.5, 0.6) is 0 Å². The van der Waals surface area contributed by atoms with Crippen molar-refractivity contribution in [2.45, 2.75) is 31.0 Å². The van der Waals surface area contributed by atoms with E-state index in [0.29, 0.717) is 0 Å². The van der Waals surface area contributed by atoms with Crippen molar-refractivity contribution >= 4 is 35.7 Å². The number of alkyl halides is 1. The molecule has 1 aromatic heterocycles. The lowest BCUT2D eigenvalue weighted by Gasteiger charge is -2.26. The molecule has 1 fully saturated rings. The maximum Gasteiger partial charge on any atom is 0.490 e. The summed E-state index contributed by atoms with van der Waals surface area (Å²) in [6, 6.07) is 1.25. The Hall–Kier alpha value is -0.640. The van der Waals surface area contributed by atoms with E-state index in [-0.39, 0.29) is 4.64 Å². The Morgan fingerprint density at radius 3 is 2.40 bits per heavy atom. The van der Waals surface area contributed by atoms with Crippen molar-refractivity contribution in [3.05, 3.63) is 27.4 Å². The van der Waals surface area contributed by atoms with Crippen molar-refractivity contribution in [1.29, 1.82) is 0 Å². The first-order chi connectivity index (χ1) is 13.4. The van der Waals surface area contributed by atoms with Crippen LogP contribution < -0.4 is 5.69 Å². The second-order valence-corrected chi connectivity index (χ2v) is 10.9. The number of H-pyrrole nitrogens is 1. The number of hydrogen-bond donors (Lipinski definition) is 6. The SMILES string of the molecule is CC1(O)C(F)C(COP(=O)(O)OP(=O)(O)OP(=O)(O)O)OC1n1ccc(=S)[nH]c1=O. The van der Waals surface area contributed by atoms with E-state index in [1.54, 1.807) is 0 Å². The summed E-state index contributed by atoms with van der Waals surface area (Å²) in [6.07, 6.45) is -4.58. The minimum absolute atomic E-state index is 0.0508. The Bertz CT molecular complexity index is 1050. The largest absolute Gasteiger partial charge is 0.490 e. The molecule has 1 aliphatic heterocycles. The van der Waals surface area contributed by atoms with Gasteiger partial charge in [-0.15, -0.1) is 0 Å². The van der Waals surface area contributed by atoms with Gasteiger partial charge in [0, 0.05) is 6.20 Å². The quantitative estimate of drug-likeness (QED) is 0.201. The molecule has 0 bridgehead atoms. The number of aliphatic hydroxyl groups is 1. The van der Waals surface area contributed by atoms with Gasteiger partial charge in [-0.25, -0.2) is 22.9 Å². The van der Waals surface area contributed by atoms with E-state index in [2.05, 4.69) is 18.1 Å². The highest BCUT2D eigenvalue weighted by atomic mass is 32.1. The molecular weight excluding hydrogens is 500 g/mol. The van der Waals surface area contributed by atoms with E-state index in [1.165, 1.54) is 6.07 Å². The van der Waals surface area contributed by atoms with E-state index in [4.69, 9.17) is 31.6 Å². The van der Waals surface area contributed by atoms with Crippen molar-refractivity contribution in [3.8, 4) is 0 Å². The number of hydrogen-bond acceptors (Lipinski definition) is 10. The van der Waals surface area contributed by atoms with Gasteiger partial charge >= 0.3 is 29.2 Å². The first kappa shape index (κ1) is 25.6. The molecule has 0 aromatic carbocycles. The summed E-state index contributed by atoms with van der Waals surface area (Å²) in [5.41, 5.74) is -3.18. The van der Waals surface area contributed by atoms with Gasteiger partial charge in [-0.1, -0.05) is 12.2 Å². The topological polar surface area (TPSA) is 227 Å². The molecule has 0 spiro atoms. The van der Waals surface area contributed by atoms with Gasteiger partial charge in [0.2, 0.25) is 0 Å². The van der Waals surface area contributed by atoms with Crippen LogP contribution in [0.15, 0.2) is 17.1 Å². The third kappa shape index (κ3) is 6.43. The normalized spacial score (nSPS) is 31.2. The zero-order valence-electron chi connectivity index (χ0n) is 14.7. The molecule has 30 heavy (non-hydrogen) atoms. The minimum atomic E-state index is -5.75. The van der Waals surface area contributed by atoms with Crippen molar-refractivity contribution in [1.82, 2.24) is 9.55 Å². The summed E-state index contributed by atoms with van der Waals surface area (Å²) in [4.78, 5) is 49.6. The van der Waals surface area contributed by atoms with Gasteiger partial charge in [-0.3, -0.25) is 14.1 Å². The van der Waals surface area contributed by atoms with Crippen molar-refractivity contribution < 1.29 is 60.6 Å². The first-order valence-corrected chi connectivity index (χ1v) is 12.5. The summed E-state index contributed by atoms with van der Waals surface area (Å²) in [5, 5.41) is 10.4. The van der Waals surface area contributed by atoms with Crippen LogP contribution >= 0.6 is 35.7 Å². The summed E-state index contributed by atoms with van der Waals surface area (Å²) in [6.45, 7) is -0.170. The van der Waals surface area contributed by atoms with Crippen LogP contribution in [0.3, 0.4) is 0 Å². The lowest BCUT2D eigenvalue weighted by Crippen LogP contribution is -2.44. The molecule has 0 radical (unpaired) electrons. The number of halogens is 1. The monoisotopic (exact) mass is 516 g/mol. The molecule has 2 rings (SSSR count). The van der Waals surface area contributed by atoms with Crippen molar-refractivity contribution in [2.24, 2.45) is 0 Å². The van der Waals surface area contributed by atoms with Crippen molar-refractivity contribution in [2.75, 3.05) is 6.61 Å². The van der Waals surface area contributed by atoms with Crippen LogP contribution in [0, 0.1) is 4.64 Å². The molecular formula is C10H16FN2O13P3S. The van der Waals surface area contributed by atoms with Crippen LogP contribution in [-0.2, 0) is 31.6 Å². The average molecular weight is 516 g/mol. The third-order valence-electron chi connectivity index (χ3n) is 3.61. The smallest absolute Gasteiger partial charge is 0.382 e. The summed E-state index contributed by atoms with van der Waals surface area (Å²) in [5.74, 6) is 0. The number of aromatic amines is 1. The highest BCUT2D eigenvalue weighted by Crippen LogP contribution is 2.66. The highest BCUT2D eigenvalue weighted by Gasteiger charge is 2.55. The molecule has 0 amide bonds. The van der Waals surface area contributed by atoms with E-state index in [1.807, 2.05) is 0 Å². The number of phosphoric ester groups is 1. The Morgan fingerprint density at radius 1 is 1.27 bits per heavy atom. The predicted molar refractivity (Wildman–Crippen MR) is 95.1 cm³/mol. The molecule has 6 N–H and O–H groups in total. The Balaban J connectivity index is 2.13. The molecule has 0 aliphatic carbocycles. The summed E-state index contributed by atoms with van der Waals surface area (Å²) >= 11 is 4.75. The molecule has 15 nitrogen and oxygen atoms in total. The molecule has 172 valence electrons. The van der Waals surface area contributed by atoms with E-state index < -0.39 is 59.9 Å². The first-order valence-electron chi connectivity index (χ1n) is 7.55. The van der Waals surface area contributed by atoms with Crippen LogP contribution in [0.4, 0.5) is 4.39 Å². The fourth-order valence-electron chi connectivity index (χ4n) is 2.44. The molecule has 1 saturated heterocycles.